The standard InChI is InChI=1S/C16H17ClF4N2/c1-3-13-14(17)15(23(4-2)22-13)11-6-5-10(9-12(11)18)7-8-16(19,20)21/h5-6,9H,3-4,7-8H2,1-2H3. The summed E-state index contributed by atoms with van der Waals surface area (Å²) in [4.78, 5) is 0. The molecule has 1 aromatic heterocycles. The second kappa shape index (κ2) is 6.91. The van der Waals surface area contributed by atoms with E-state index in [0.29, 0.717) is 34.9 Å². The van der Waals surface area contributed by atoms with E-state index in [0.717, 1.165) is 6.07 Å². The minimum Gasteiger partial charge on any atom is -0.263 e. The SMILES string of the molecule is CCc1nn(CC)c(-c2ccc(CCC(F)(F)F)cc2F)c1Cl. The van der Waals surface area contributed by atoms with Crippen molar-refractivity contribution in [1.82, 2.24) is 9.78 Å². The van der Waals surface area contributed by atoms with Crippen LogP contribution in [0.15, 0.2) is 18.2 Å². The molecule has 0 saturated heterocycles. The number of rotatable bonds is 5. The molecule has 2 rings (SSSR count). The van der Waals surface area contributed by atoms with Crippen molar-refractivity contribution >= 4 is 11.6 Å². The summed E-state index contributed by atoms with van der Waals surface area (Å²) in [5, 5.41) is 4.71. The van der Waals surface area contributed by atoms with E-state index in [1.165, 1.54) is 12.1 Å². The summed E-state index contributed by atoms with van der Waals surface area (Å²) >= 11 is 6.28. The maximum atomic E-state index is 14.4. The Bertz CT molecular complexity index is 692. The zero-order chi connectivity index (χ0) is 17.2. The average Bonchev–Trinajstić information content (AvgIpc) is 2.80. The number of halogens is 5. The molecule has 1 aromatic carbocycles. The first kappa shape index (κ1) is 17.8. The minimum absolute atomic E-state index is 0.248. The molecule has 2 aromatic rings. The zero-order valence-corrected chi connectivity index (χ0v) is 13.6. The Labute approximate surface area is 137 Å². The molecule has 0 atom stereocenters. The van der Waals surface area contributed by atoms with Crippen molar-refractivity contribution in [2.75, 3.05) is 0 Å². The largest absolute Gasteiger partial charge is 0.389 e. The van der Waals surface area contributed by atoms with Gasteiger partial charge in [-0.25, -0.2) is 4.39 Å². The first-order valence-electron chi connectivity index (χ1n) is 7.37. The van der Waals surface area contributed by atoms with Gasteiger partial charge in [-0.3, -0.25) is 4.68 Å². The Kier molecular flexibility index (Phi) is 5.34. The molecular formula is C16H17ClF4N2. The molecule has 0 spiro atoms. The monoisotopic (exact) mass is 348 g/mol. The van der Waals surface area contributed by atoms with Crippen LogP contribution in [0.1, 0.15) is 31.5 Å². The predicted molar refractivity (Wildman–Crippen MR) is 82.1 cm³/mol. The average molecular weight is 349 g/mol. The Hall–Kier alpha value is -1.56. The summed E-state index contributed by atoms with van der Waals surface area (Å²) in [6.45, 7) is 4.28. The van der Waals surface area contributed by atoms with Crippen molar-refractivity contribution in [2.24, 2.45) is 0 Å². The number of aryl methyl sites for hydroxylation is 3. The Morgan fingerprint density at radius 3 is 2.43 bits per heavy atom. The van der Waals surface area contributed by atoms with Gasteiger partial charge in [-0.1, -0.05) is 24.6 Å². The lowest BCUT2D eigenvalue weighted by Crippen LogP contribution is -2.08. The van der Waals surface area contributed by atoms with Crippen LogP contribution in [0, 0.1) is 5.82 Å². The maximum absolute atomic E-state index is 14.4. The first-order valence-corrected chi connectivity index (χ1v) is 7.75. The summed E-state index contributed by atoms with van der Waals surface area (Å²) in [7, 11) is 0. The molecule has 7 heteroatoms. The number of alkyl halides is 3. The van der Waals surface area contributed by atoms with Crippen LogP contribution < -0.4 is 0 Å². The summed E-state index contributed by atoms with van der Waals surface area (Å²) < 4.78 is 52.8. The first-order chi connectivity index (χ1) is 10.8. The molecule has 126 valence electrons. The molecule has 0 N–H and O–H groups in total. The Morgan fingerprint density at radius 2 is 1.91 bits per heavy atom. The molecule has 0 aliphatic heterocycles. The van der Waals surface area contributed by atoms with Gasteiger partial charge in [0.1, 0.15) is 5.82 Å². The van der Waals surface area contributed by atoms with E-state index in [1.54, 1.807) is 4.68 Å². The van der Waals surface area contributed by atoms with Gasteiger partial charge in [0.05, 0.1) is 16.4 Å². The van der Waals surface area contributed by atoms with Crippen LogP contribution in [-0.4, -0.2) is 16.0 Å². The van der Waals surface area contributed by atoms with Gasteiger partial charge in [0, 0.05) is 18.5 Å². The molecule has 1 heterocycles. The Balaban J connectivity index is 2.37. The summed E-state index contributed by atoms with van der Waals surface area (Å²) in [5.41, 5.74) is 1.69. The minimum atomic E-state index is -4.25. The maximum Gasteiger partial charge on any atom is 0.389 e. The number of aromatic nitrogens is 2. The fourth-order valence-corrected chi connectivity index (χ4v) is 2.76. The zero-order valence-electron chi connectivity index (χ0n) is 12.8. The molecule has 0 amide bonds. The lowest BCUT2D eigenvalue weighted by molar-refractivity contribution is -0.134. The highest BCUT2D eigenvalue weighted by atomic mass is 35.5. The predicted octanol–water partition coefficient (Wildman–Crippen LogP) is 5.42. The van der Waals surface area contributed by atoms with Crippen LogP contribution in [0.3, 0.4) is 0 Å². The quantitative estimate of drug-likeness (QED) is 0.660. The smallest absolute Gasteiger partial charge is 0.263 e. The molecule has 0 aliphatic rings. The van der Waals surface area contributed by atoms with Crippen LogP contribution in [0.25, 0.3) is 11.3 Å². The van der Waals surface area contributed by atoms with Crippen molar-refractivity contribution in [3.63, 3.8) is 0 Å². The van der Waals surface area contributed by atoms with Gasteiger partial charge in [0.25, 0.3) is 0 Å². The summed E-state index contributed by atoms with van der Waals surface area (Å²) in [5.74, 6) is -0.594. The second-order valence-electron chi connectivity index (χ2n) is 5.21. The number of hydrogen-bond acceptors (Lipinski definition) is 1. The molecule has 23 heavy (non-hydrogen) atoms. The van der Waals surface area contributed by atoms with E-state index in [2.05, 4.69) is 5.10 Å². The van der Waals surface area contributed by atoms with Gasteiger partial charge in [-0.15, -0.1) is 0 Å². The molecule has 0 aliphatic carbocycles. The van der Waals surface area contributed by atoms with E-state index in [9.17, 15) is 17.6 Å². The third-order valence-electron chi connectivity index (χ3n) is 3.58. The van der Waals surface area contributed by atoms with Gasteiger partial charge in [-0.05, 0) is 37.5 Å². The van der Waals surface area contributed by atoms with Gasteiger partial charge in [0.15, 0.2) is 0 Å². The van der Waals surface area contributed by atoms with Crippen LogP contribution in [0.4, 0.5) is 17.6 Å². The third kappa shape index (κ3) is 4.05. The summed E-state index contributed by atoms with van der Waals surface area (Å²) in [6, 6.07) is 4.10. The van der Waals surface area contributed by atoms with Gasteiger partial charge < -0.3 is 0 Å². The number of hydrogen-bond donors (Lipinski definition) is 0. The number of nitrogens with zero attached hydrogens (tertiary/aromatic N) is 2. The van der Waals surface area contributed by atoms with E-state index in [-0.39, 0.29) is 12.0 Å². The molecular weight excluding hydrogens is 332 g/mol. The second-order valence-corrected chi connectivity index (χ2v) is 5.59. The lowest BCUT2D eigenvalue weighted by atomic mass is 10.0. The van der Waals surface area contributed by atoms with Crippen molar-refractivity contribution in [3.05, 3.63) is 40.3 Å². The molecule has 0 bridgehead atoms. The van der Waals surface area contributed by atoms with Crippen LogP contribution >= 0.6 is 11.6 Å². The van der Waals surface area contributed by atoms with E-state index < -0.39 is 18.4 Å². The molecule has 0 saturated carbocycles. The van der Waals surface area contributed by atoms with Crippen LogP contribution in [0.5, 0.6) is 0 Å². The van der Waals surface area contributed by atoms with Gasteiger partial charge >= 0.3 is 6.18 Å². The van der Waals surface area contributed by atoms with Crippen molar-refractivity contribution in [2.45, 2.75) is 45.8 Å². The number of benzene rings is 1. The van der Waals surface area contributed by atoms with E-state index in [4.69, 9.17) is 11.6 Å². The molecule has 0 radical (unpaired) electrons. The summed E-state index contributed by atoms with van der Waals surface area (Å²) in [6.07, 6.45) is -4.86. The molecule has 0 unspecified atom stereocenters. The lowest BCUT2D eigenvalue weighted by Gasteiger charge is -2.10. The fourth-order valence-electron chi connectivity index (χ4n) is 2.39. The third-order valence-corrected chi connectivity index (χ3v) is 3.98. The van der Waals surface area contributed by atoms with Crippen molar-refractivity contribution in [1.29, 1.82) is 0 Å². The van der Waals surface area contributed by atoms with E-state index in [1.807, 2.05) is 13.8 Å². The Morgan fingerprint density at radius 1 is 1.22 bits per heavy atom. The van der Waals surface area contributed by atoms with Gasteiger partial charge in [-0.2, -0.15) is 18.3 Å². The molecule has 2 nitrogen and oxygen atoms in total. The normalized spacial score (nSPS) is 12.0. The van der Waals surface area contributed by atoms with E-state index >= 15 is 0 Å². The highest BCUT2D eigenvalue weighted by molar-refractivity contribution is 6.33. The topological polar surface area (TPSA) is 17.8 Å². The highest BCUT2D eigenvalue weighted by Gasteiger charge is 2.27. The van der Waals surface area contributed by atoms with Crippen LogP contribution in [0.2, 0.25) is 5.02 Å². The van der Waals surface area contributed by atoms with Crippen molar-refractivity contribution in [3.8, 4) is 11.3 Å². The van der Waals surface area contributed by atoms with Crippen molar-refractivity contribution < 1.29 is 17.6 Å². The highest BCUT2D eigenvalue weighted by Crippen LogP contribution is 2.33. The van der Waals surface area contributed by atoms with Gasteiger partial charge in [0.2, 0.25) is 0 Å². The fraction of sp³-hybridized carbons (Fsp3) is 0.438. The molecule has 0 fully saturated rings. The van der Waals surface area contributed by atoms with Crippen LogP contribution in [-0.2, 0) is 19.4 Å².